The molecular weight excluding hydrogens is 887 g/mol. The molecule has 0 unspecified atom stereocenters. The van der Waals surface area contributed by atoms with Crippen LogP contribution in [0.5, 0.6) is 0 Å². The summed E-state index contributed by atoms with van der Waals surface area (Å²) < 4.78 is 5.05. The molecule has 0 radical (unpaired) electrons. The third-order valence-corrected chi connectivity index (χ3v) is 16.6. The van der Waals surface area contributed by atoms with Crippen molar-refractivity contribution < 1.29 is 0 Å². The predicted molar refractivity (Wildman–Crippen MR) is 300 cm³/mol. The minimum absolute atomic E-state index is 0.638. The molecule has 0 bridgehead atoms. The molecule has 0 amide bonds. The summed E-state index contributed by atoms with van der Waals surface area (Å²) in [5, 5.41) is 17.8. The van der Waals surface area contributed by atoms with Crippen LogP contribution in [0.4, 0.5) is 0 Å². The van der Waals surface area contributed by atoms with Crippen LogP contribution < -0.4 is 0 Å². The van der Waals surface area contributed by atoms with Crippen LogP contribution in [0.15, 0.2) is 224 Å². The number of rotatable bonds is 5. The zero-order valence-electron chi connectivity index (χ0n) is 37.5. The van der Waals surface area contributed by atoms with Crippen LogP contribution in [0.2, 0.25) is 0 Å². The normalized spacial score (nSPS) is 12.0. The molecular formula is C65H37N3S2. The van der Waals surface area contributed by atoms with Crippen LogP contribution >= 0.6 is 22.7 Å². The van der Waals surface area contributed by atoms with Gasteiger partial charge in [0.25, 0.3) is 0 Å². The first-order chi connectivity index (χ1) is 34.7. The lowest BCUT2D eigenvalue weighted by Gasteiger charge is -2.13. The molecule has 0 saturated carbocycles. The van der Waals surface area contributed by atoms with Crippen molar-refractivity contribution in [2.45, 2.75) is 0 Å². The Labute approximate surface area is 410 Å². The van der Waals surface area contributed by atoms with Gasteiger partial charge in [0, 0.05) is 62.4 Å². The smallest absolute Gasteiger partial charge is 0.165 e. The lowest BCUT2D eigenvalue weighted by molar-refractivity contribution is 1.08. The number of benzene rings is 12. The number of nitrogens with zero attached hydrogens (tertiary/aromatic N) is 3. The zero-order chi connectivity index (χ0) is 45.9. The quantitative estimate of drug-likeness (QED) is 0.161. The molecule has 15 rings (SSSR count). The second kappa shape index (κ2) is 15.5. The van der Waals surface area contributed by atoms with Crippen LogP contribution in [0.1, 0.15) is 0 Å². The average molecular weight is 924 g/mol. The average Bonchev–Trinajstić information content (AvgIpc) is 3.99. The summed E-state index contributed by atoms with van der Waals surface area (Å²) in [6.07, 6.45) is 0. The summed E-state index contributed by atoms with van der Waals surface area (Å²) in [5.41, 5.74) is 7.56. The van der Waals surface area contributed by atoms with E-state index in [1.54, 1.807) is 11.3 Å². The van der Waals surface area contributed by atoms with Gasteiger partial charge in [-0.25, -0.2) is 15.0 Å². The molecule has 0 aliphatic carbocycles. The zero-order valence-corrected chi connectivity index (χ0v) is 39.2. The van der Waals surface area contributed by atoms with E-state index in [2.05, 4.69) is 206 Å². The largest absolute Gasteiger partial charge is 0.208 e. The minimum Gasteiger partial charge on any atom is -0.208 e. The van der Waals surface area contributed by atoms with E-state index in [1.165, 1.54) is 105 Å². The molecule has 0 aliphatic rings. The van der Waals surface area contributed by atoms with E-state index >= 15 is 0 Å². The second-order valence-electron chi connectivity index (χ2n) is 18.2. The van der Waals surface area contributed by atoms with Crippen molar-refractivity contribution in [1.29, 1.82) is 0 Å². The third-order valence-electron chi connectivity index (χ3n) is 14.2. The van der Waals surface area contributed by atoms with Gasteiger partial charge in [-0.1, -0.05) is 188 Å². The van der Waals surface area contributed by atoms with Crippen LogP contribution in [0.25, 0.3) is 151 Å². The van der Waals surface area contributed by atoms with Crippen LogP contribution in [-0.2, 0) is 0 Å². The van der Waals surface area contributed by atoms with E-state index in [0.717, 1.165) is 27.8 Å². The Morgan fingerprint density at radius 3 is 1.53 bits per heavy atom. The first-order valence-electron chi connectivity index (χ1n) is 23.7. The molecule has 70 heavy (non-hydrogen) atoms. The third kappa shape index (κ3) is 6.09. The van der Waals surface area contributed by atoms with E-state index in [4.69, 9.17) is 15.0 Å². The van der Waals surface area contributed by atoms with E-state index < -0.39 is 0 Å². The van der Waals surface area contributed by atoms with Crippen molar-refractivity contribution >= 4 is 117 Å². The lowest BCUT2D eigenvalue weighted by Crippen LogP contribution is -2.00. The summed E-state index contributed by atoms with van der Waals surface area (Å²) in [5.74, 6) is 1.95. The highest BCUT2D eigenvalue weighted by atomic mass is 32.1. The summed E-state index contributed by atoms with van der Waals surface area (Å²) in [6, 6.07) is 81.5. The van der Waals surface area contributed by atoms with Crippen molar-refractivity contribution in [2.24, 2.45) is 0 Å². The molecule has 324 valence electrons. The maximum Gasteiger partial charge on any atom is 0.165 e. The molecule has 3 heterocycles. The van der Waals surface area contributed by atoms with Gasteiger partial charge in [-0.15, -0.1) is 22.7 Å². The van der Waals surface area contributed by atoms with Gasteiger partial charge >= 0.3 is 0 Å². The van der Waals surface area contributed by atoms with Crippen LogP contribution in [-0.4, -0.2) is 15.0 Å². The first kappa shape index (κ1) is 39.4. The number of thiophene rings is 2. The number of hydrogen-bond donors (Lipinski definition) is 0. The summed E-state index contributed by atoms with van der Waals surface area (Å²) in [4.78, 5) is 15.7. The Kier molecular flexibility index (Phi) is 8.70. The maximum atomic E-state index is 5.31. The highest BCUT2D eigenvalue weighted by Crippen LogP contribution is 2.49. The Morgan fingerprint density at radius 2 is 0.757 bits per heavy atom. The van der Waals surface area contributed by atoms with Crippen molar-refractivity contribution in [3.8, 4) is 56.4 Å². The van der Waals surface area contributed by atoms with Gasteiger partial charge in [-0.3, -0.25) is 0 Å². The van der Waals surface area contributed by atoms with Gasteiger partial charge in [0.05, 0.1) is 0 Å². The van der Waals surface area contributed by atoms with E-state index in [1.807, 2.05) is 29.5 Å². The number of fused-ring (bicyclic) bond motifs is 15. The van der Waals surface area contributed by atoms with Crippen molar-refractivity contribution in [1.82, 2.24) is 15.0 Å². The fourth-order valence-corrected chi connectivity index (χ4v) is 13.6. The van der Waals surface area contributed by atoms with Crippen molar-refractivity contribution in [3.63, 3.8) is 0 Å². The van der Waals surface area contributed by atoms with Crippen LogP contribution in [0, 0.1) is 0 Å². The van der Waals surface area contributed by atoms with Gasteiger partial charge in [0.2, 0.25) is 0 Å². The first-order valence-corrected chi connectivity index (χ1v) is 25.3. The SMILES string of the molecule is c1ccc(-c2nc(-c3cccc(-c4cccc(-c5c6ccccc6cc6sc7c(ccc8c9ccccc9c9ccccc9c87)c56)c4)c3)nc(-c3cccc4c3sc3cc5ccccc5cc34)n2)cc1. The Bertz CT molecular complexity index is 4630. The monoisotopic (exact) mass is 923 g/mol. The van der Waals surface area contributed by atoms with Gasteiger partial charge in [0.15, 0.2) is 17.5 Å². The molecule has 15 aromatic rings. The summed E-state index contributed by atoms with van der Waals surface area (Å²) in [6.45, 7) is 0. The van der Waals surface area contributed by atoms with E-state index in [9.17, 15) is 0 Å². The maximum absolute atomic E-state index is 5.31. The predicted octanol–water partition coefficient (Wildman–Crippen LogP) is 18.7. The number of aromatic nitrogens is 3. The molecule has 0 spiro atoms. The Balaban J connectivity index is 0.898. The van der Waals surface area contributed by atoms with Crippen molar-refractivity contribution in [2.75, 3.05) is 0 Å². The summed E-state index contributed by atoms with van der Waals surface area (Å²) in [7, 11) is 0. The molecule has 0 fully saturated rings. The van der Waals surface area contributed by atoms with Crippen LogP contribution in [0.3, 0.4) is 0 Å². The molecule has 12 aromatic carbocycles. The fraction of sp³-hybridized carbons (Fsp3) is 0. The van der Waals surface area contributed by atoms with Gasteiger partial charge in [0.1, 0.15) is 0 Å². The van der Waals surface area contributed by atoms with Crippen molar-refractivity contribution in [3.05, 3.63) is 224 Å². The molecule has 0 atom stereocenters. The molecule has 0 N–H and O–H groups in total. The highest BCUT2D eigenvalue weighted by molar-refractivity contribution is 7.27. The van der Waals surface area contributed by atoms with Gasteiger partial charge in [-0.2, -0.15) is 0 Å². The number of hydrogen-bond acceptors (Lipinski definition) is 5. The lowest BCUT2D eigenvalue weighted by atomic mass is 9.90. The minimum atomic E-state index is 0.638. The molecule has 0 aliphatic heterocycles. The molecule has 5 heteroatoms. The summed E-state index contributed by atoms with van der Waals surface area (Å²) >= 11 is 3.72. The molecule has 3 aromatic heterocycles. The molecule has 0 saturated heterocycles. The standard InChI is InChI=1S/C65H37N3S2/c1-2-15-38(16-3-1)63-66-64(68-65(67-63)54-30-14-29-52-55-35-41-17-4-5-18-42(41)36-56(55)69-61(52)54)45-23-13-21-40(34-45)39-20-12-22-44(33-39)58-46-24-7-6-19-43(46)37-57-60(58)53-32-31-51-49-27-9-8-25-47(49)48-26-10-11-28-50(48)59(51)62(53)70-57/h1-37H. The fourth-order valence-electron chi connectivity index (χ4n) is 11.0. The molecule has 3 nitrogen and oxygen atoms in total. The van der Waals surface area contributed by atoms with E-state index in [0.29, 0.717) is 17.5 Å². The van der Waals surface area contributed by atoms with Gasteiger partial charge < -0.3 is 0 Å². The van der Waals surface area contributed by atoms with Gasteiger partial charge in [-0.05, 0) is 107 Å². The Morgan fingerprint density at radius 1 is 0.257 bits per heavy atom. The Hall–Kier alpha value is -8.61. The highest BCUT2D eigenvalue weighted by Gasteiger charge is 2.21. The topological polar surface area (TPSA) is 38.7 Å². The second-order valence-corrected chi connectivity index (χ2v) is 20.3. The van der Waals surface area contributed by atoms with E-state index in [-0.39, 0.29) is 0 Å².